The first kappa shape index (κ1) is 20.3. The Bertz CT molecular complexity index is 1030. The van der Waals surface area contributed by atoms with Gasteiger partial charge in [0.05, 0.1) is 7.11 Å². The number of hydrogen-bond donors (Lipinski definition) is 0. The molecule has 0 unspecified atom stereocenters. The van der Waals surface area contributed by atoms with Crippen molar-refractivity contribution in [1.29, 1.82) is 10.5 Å². The Morgan fingerprint density at radius 1 is 1.10 bits per heavy atom. The zero-order valence-electron chi connectivity index (χ0n) is 18.2. The Kier molecular flexibility index (Phi) is 5.44. The molecule has 2 heterocycles. The molecule has 3 aliphatic rings. The molecule has 1 aromatic carbocycles. The Morgan fingerprint density at radius 2 is 1.83 bits per heavy atom. The summed E-state index contributed by atoms with van der Waals surface area (Å²) in [5.41, 5.74) is 7.59. The Balaban J connectivity index is 1.75. The third kappa shape index (κ3) is 3.75. The van der Waals surface area contributed by atoms with Crippen molar-refractivity contribution in [2.45, 2.75) is 52.4 Å². The highest BCUT2D eigenvalue weighted by Gasteiger charge is 2.29. The van der Waals surface area contributed by atoms with Crippen LogP contribution in [0.1, 0.15) is 56.2 Å². The van der Waals surface area contributed by atoms with Gasteiger partial charge in [-0.25, -0.2) is 0 Å². The van der Waals surface area contributed by atoms with Crippen molar-refractivity contribution in [2.75, 3.05) is 25.1 Å². The van der Waals surface area contributed by atoms with Gasteiger partial charge in [-0.3, -0.25) is 0 Å². The molecule has 0 radical (unpaired) electrons. The Labute approximate surface area is 179 Å². The van der Waals surface area contributed by atoms with E-state index in [1.165, 1.54) is 29.7 Å². The van der Waals surface area contributed by atoms with Crippen molar-refractivity contribution in [3.63, 3.8) is 0 Å². The normalized spacial score (nSPS) is 19.6. The fourth-order valence-corrected chi connectivity index (χ4v) is 5.31. The molecule has 1 aromatic rings. The highest BCUT2D eigenvalue weighted by molar-refractivity contribution is 5.75. The van der Waals surface area contributed by atoms with E-state index < -0.39 is 0 Å². The fourth-order valence-electron chi connectivity index (χ4n) is 5.31. The molecular formula is C26H29N3O. The first-order valence-electron chi connectivity index (χ1n) is 10.9. The molecule has 0 saturated heterocycles. The van der Waals surface area contributed by atoms with Gasteiger partial charge in [0.25, 0.3) is 0 Å². The van der Waals surface area contributed by atoms with Crippen LogP contribution in [0.2, 0.25) is 0 Å². The molecule has 4 rings (SSSR count). The van der Waals surface area contributed by atoms with Crippen molar-refractivity contribution < 1.29 is 4.74 Å². The minimum atomic E-state index is 0.0230. The SMILES string of the molecule is COc1c(/C=C/C2=CC(=C(C#N)C#N)CC(C)(C)C2)cc2c3c1CCCN3CCC2. The summed E-state index contributed by atoms with van der Waals surface area (Å²) in [4.78, 5) is 2.53. The molecule has 0 fully saturated rings. The zero-order valence-corrected chi connectivity index (χ0v) is 18.2. The topological polar surface area (TPSA) is 60.0 Å². The van der Waals surface area contributed by atoms with Crippen LogP contribution in [0.25, 0.3) is 6.08 Å². The molecule has 0 aromatic heterocycles. The van der Waals surface area contributed by atoms with Crippen molar-refractivity contribution in [3.05, 3.63) is 51.6 Å². The van der Waals surface area contributed by atoms with Gasteiger partial charge in [0.1, 0.15) is 23.5 Å². The summed E-state index contributed by atoms with van der Waals surface area (Å²) in [5, 5.41) is 18.6. The standard InChI is InChI=1S/C26H29N3O/c1-26(2)14-18(12-21(15-26)22(16-27)17-28)8-9-20-13-19-6-4-10-29-11-5-7-23(24(19)29)25(20)30-3/h8-9,12-13H,4-7,10-11,14-15H2,1-3H3/b9-8+. The third-order valence-corrected chi connectivity index (χ3v) is 6.44. The van der Waals surface area contributed by atoms with Crippen LogP contribution in [0.15, 0.2) is 34.9 Å². The van der Waals surface area contributed by atoms with E-state index in [2.05, 4.69) is 49.1 Å². The van der Waals surface area contributed by atoms with Crippen molar-refractivity contribution in [1.82, 2.24) is 0 Å². The van der Waals surface area contributed by atoms with Crippen LogP contribution < -0.4 is 9.64 Å². The maximum Gasteiger partial charge on any atom is 0.132 e. The summed E-state index contributed by atoms with van der Waals surface area (Å²) in [7, 11) is 1.77. The maximum atomic E-state index is 9.31. The minimum Gasteiger partial charge on any atom is -0.496 e. The van der Waals surface area contributed by atoms with E-state index in [1.54, 1.807) is 7.11 Å². The molecule has 1 aliphatic carbocycles. The molecule has 4 heteroatoms. The summed E-state index contributed by atoms with van der Waals surface area (Å²) in [5.74, 6) is 0.998. The summed E-state index contributed by atoms with van der Waals surface area (Å²) in [6.45, 7) is 6.68. The average molecular weight is 400 g/mol. The number of ether oxygens (including phenoxy) is 1. The molecule has 30 heavy (non-hydrogen) atoms. The van der Waals surface area contributed by atoms with Crippen LogP contribution in [0.4, 0.5) is 5.69 Å². The Morgan fingerprint density at radius 3 is 2.53 bits per heavy atom. The van der Waals surface area contributed by atoms with Crippen LogP contribution in [0, 0.1) is 28.1 Å². The summed E-state index contributed by atoms with van der Waals surface area (Å²) in [6, 6.07) is 6.41. The second-order valence-electron chi connectivity index (χ2n) is 9.37. The van der Waals surface area contributed by atoms with Crippen molar-refractivity contribution in [3.8, 4) is 17.9 Å². The van der Waals surface area contributed by atoms with E-state index in [-0.39, 0.29) is 11.0 Å². The fraction of sp³-hybridized carbons (Fsp3) is 0.462. The number of rotatable bonds is 3. The van der Waals surface area contributed by atoms with E-state index in [0.717, 1.165) is 61.2 Å². The number of nitriles is 2. The summed E-state index contributed by atoms with van der Waals surface area (Å²) >= 11 is 0. The van der Waals surface area contributed by atoms with Gasteiger partial charge in [-0.1, -0.05) is 32.1 Å². The number of nitrogens with zero attached hydrogens (tertiary/aromatic N) is 3. The van der Waals surface area contributed by atoms with Gasteiger partial charge in [-0.15, -0.1) is 0 Å². The van der Waals surface area contributed by atoms with Gasteiger partial charge in [-0.05, 0) is 66.7 Å². The molecule has 0 N–H and O–H groups in total. The van der Waals surface area contributed by atoms with Gasteiger partial charge < -0.3 is 9.64 Å². The van der Waals surface area contributed by atoms with E-state index in [1.807, 2.05) is 6.08 Å². The lowest BCUT2D eigenvalue weighted by Crippen LogP contribution is -2.34. The van der Waals surface area contributed by atoms with E-state index in [4.69, 9.17) is 4.74 Å². The van der Waals surface area contributed by atoms with Gasteiger partial charge in [0.2, 0.25) is 0 Å². The lowest BCUT2D eigenvalue weighted by molar-refractivity contribution is 0.354. The molecule has 4 nitrogen and oxygen atoms in total. The summed E-state index contributed by atoms with van der Waals surface area (Å²) in [6.07, 6.45) is 12.6. The van der Waals surface area contributed by atoms with Gasteiger partial charge >= 0.3 is 0 Å². The maximum absolute atomic E-state index is 9.31. The van der Waals surface area contributed by atoms with Crippen LogP contribution in [-0.4, -0.2) is 20.2 Å². The molecule has 2 aliphatic heterocycles. The first-order chi connectivity index (χ1) is 14.5. The molecule has 0 atom stereocenters. The smallest absolute Gasteiger partial charge is 0.132 e. The van der Waals surface area contributed by atoms with E-state index in [9.17, 15) is 10.5 Å². The predicted molar refractivity (Wildman–Crippen MR) is 120 cm³/mol. The van der Waals surface area contributed by atoms with Gasteiger partial charge in [-0.2, -0.15) is 10.5 Å². The van der Waals surface area contributed by atoms with E-state index >= 15 is 0 Å². The average Bonchev–Trinajstić information content (AvgIpc) is 2.72. The second kappa shape index (κ2) is 8.04. The zero-order chi connectivity index (χ0) is 21.3. The van der Waals surface area contributed by atoms with E-state index in [0.29, 0.717) is 0 Å². The highest BCUT2D eigenvalue weighted by atomic mass is 16.5. The van der Waals surface area contributed by atoms with Crippen molar-refractivity contribution in [2.24, 2.45) is 5.41 Å². The van der Waals surface area contributed by atoms with Crippen LogP contribution in [-0.2, 0) is 12.8 Å². The van der Waals surface area contributed by atoms with Gasteiger partial charge in [0.15, 0.2) is 0 Å². The second-order valence-corrected chi connectivity index (χ2v) is 9.37. The molecule has 0 amide bonds. The first-order valence-corrected chi connectivity index (χ1v) is 10.9. The lowest BCUT2D eigenvalue weighted by atomic mass is 9.74. The molecule has 0 bridgehead atoms. The molecule has 0 spiro atoms. The number of methoxy groups -OCH3 is 1. The number of allylic oxidation sites excluding steroid dienone is 5. The van der Waals surface area contributed by atoms with Crippen LogP contribution >= 0.6 is 0 Å². The molecular weight excluding hydrogens is 370 g/mol. The van der Waals surface area contributed by atoms with Crippen LogP contribution in [0.5, 0.6) is 5.75 Å². The molecule has 154 valence electrons. The van der Waals surface area contributed by atoms with Gasteiger partial charge in [0, 0.05) is 29.9 Å². The quantitative estimate of drug-likeness (QED) is 0.630. The largest absolute Gasteiger partial charge is 0.496 e. The third-order valence-electron chi connectivity index (χ3n) is 6.44. The lowest BCUT2D eigenvalue weighted by Gasteiger charge is -2.38. The predicted octanol–water partition coefficient (Wildman–Crippen LogP) is 5.50. The number of benzene rings is 1. The minimum absolute atomic E-state index is 0.0230. The Hall–Kier alpha value is -2.98. The van der Waals surface area contributed by atoms with Crippen molar-refractivity contribution >= 4 is 11.8 Å². The van der Waals surface area contributed by atoms with Crippen LogP contribution in [0.3, 0.4) is 0 Å². The number of hydrogen-bond acceptors (Lipinski definition) is 4. The molecule has 0 saturated carbocycles. The monoisotopic (exact) mass is 399 g/mol. The number of aryl methyl sites for hydroxylation is 1. The number of anilines is 1. The summed E-state index contributed by atoms with van der Waals surface area (Å²) < 4.78 is 5.90. The highest BCUT2D eigenvalue weighted by Crippen LogP contribution is 2.44.